The summed E-state index contributed by atoms with van der Waals surface area (Å²) in [5.41, 5.74) is 5.81. The lowest BCUT2D eigenvalue weighted by Crippen LogP contribution is -2.31. The summed E-state index contributed by atoms with van der Waals surface area (Å²) in [4.78, 5) is 4.76. The van der Waals surface area contributed by atoms with Crippen LogP contribution >= 0.6 is 23.2 Å². The van der Waals surface area contributed by atoms with E-state index >= 15 is 0 Å². The summed E-state index contributed by atoms with van der Waals surface area (Å²) < 4.78 is 0. The van der Waals surface area contributed by atoms with Crippen molar-refractivity contribution in [1.82, 2.24) is 0 Å². The molecule has 3 aromatic carbocycles. The number of aryl methyl sites for hydroxylation is 2. The number of anilines is 2. The Hall–Kier alpha value is -2.16. The highest BCUT2D eigenvalue weighted by atomic mass is 35.5. The van der Waals surface area contributed by atoms with Crippen LogP contribution in [0.15, 0.2) is 66.7 Å². The van der Waals surface area contributed by atoms with Crippen molar-refractivity contribution >= 4 is 34.6 Å². The van der Waals surface area contributed by atoms with Crippen molar-refractivity contribution < 1.29 is 0 Å². The summed E-state index contributed by atoms with van der Waals surface area (Å²) in [6, 6.07) is 23.0. The molecule has 1 saturated heterocycles. The minimum atomic E-state index is -0.0448. The van der Waals surface area contributed by atoms with Crippen molar-refractivity contribution in [2.24, 2.45) is 0 Å². The van der Waals surface area contributed by atoms with E-state index in [2.05, 4.69) is 72.2 Å². The monoisotopic (exact) mass is 396 g/mol. The maximum Gasteiger partial charge on any atom is 0.131 e. The first-order valence-corrected chi connectivity index (χ1v) is 9.91. The van der Waals surface area contributed by atoms with Crippen molar-refractivity contribution in [3.63, 3.8) is 0 Å². The summed E-state index contributed by atoms with van der Waals surface area (Å²) in [5, 5.41) is 1.40. The quantitative estimate of drug-likeness (QED) is 0.489. The van der Waals surface area contributed by atoms with Gasteiger partial charge in [-0.1, -0.05) is 64.7 Å². The SMILES string of the molecule is Cc1ccc(N2CCN(c3ccc(C)cc3)C2c2c(Cl)cccc2Cl)cc1. The van der Waals surface area contributed by atoms with E-state index in [-0.39, 0.29) is 6.17 Å². The van der Waals surface area contributed by atoms with E-state index in [0.29, 0.717) is 10.0 Å². The molecule has 1 aliphatic heterocycles. The van der Waals surface area contributed by atoms with Crippen molar-refractivity contribution in [3.05, 3.63) is 93.5 Å². The molecule has 4 rings (SSSR count). The average molecular weight is 397 g/mol. The molecule has 27 heavy (non-hydrogen) atoms. The Morgan fingerprint density at radius 3 is 1.48 bits per heavy atom. The predicted molar refractivity (Wildman–Crippen MR) is 116 cm³/mol. The molecule has 0 N–H and O–H groups in total. The zero-order valence-corrected chi connectivity index (χ0v) is 17.0. The van der Waals surface area contributed by atoms with Crippen LogP contribution in [0.3, 0.4) is 0 Å². The van der Waals surface area contributed by atoms with Gasteiger partial charge in [-0.25, -0.2) is 0 Å². The van der Waals surface area contributed by atoms with E-state index in [1.807, 2.05) is 18.2 Å². The summed E-state index contributed by atoms with van der Waals surface area (Å²) in [5.74, 6) is 0. The maximum atomic E-state index is 6.63. The molecule has 0 spiro atoms. The lowest BCUT2D eigenvalue weighted by atomic mass is 10.1. The molecule has 0 aromatic heterocycles. The highest BCUT2D eigenvalue weighted by Crippen LogP contribution is 2.42. The smallest absolute Gasteiger partial charge is 0.131 e. The molecule has 0 atom stereocenters. The normalized spacial score (nSPS) is 14.8. The molecule has 138 valence electrons. The van der Waals surface area contributed by atoms with Gasteiger partial charge in [0.25, 0.3) is 0 Å². The molecule has 0 amide bonds. The standard InChI is InChI=1S/C23H22Cl2N2/c1-16-6-10-18(11-7-16)26-14-15-27(19-12-8-17(2)9-13-19)23(26)22-20(24)4-3-5-21(22)25/h3-13,23H,14-15H2,1-2H3. The third-order valence-electron chi connectivity index (χ3n) is 5.16. The lowest BCUT2D eigenvalue weighted by molar-refractivity contribution is 0.718. The van der Waals surface area contributed by atoms with Gasteiger partial charge in [0.1, 0.15) is 6.17 Å². The van der Waals surface area contributed by atoms with E-state index in [1.54, 1.807) is 0 Å². The Morgan fingerprint density at radius 1 is 0.667 bits per heavy atom. The van der Waals surface area contributed by atoms with Gasteiger partial charge < -0.3 is 9.80 Å². The summed E-state index contributed by atoms with van der Waals surface area (Å²) >= 11 is 13.3. The predicted octanol–water partition coefficient (Wildman–Crippen LogP) is 6.64. The van der Waals surface area contributed by atoms with Gasteiger partial charge in [0.2, 0.25) is 0 Å². The highest BCUT2D eigenvalue weighted by Gasteiger charge is 2.36. The second kappa shape index (κ2) is 7.46. The van der Waals surface area contributed by atoms with E-state index < -0.39 is 0 Å². The summed E-state index contributed by atoms with van der Waals surface area (Å²) in [6.45, 7) is 6.02. The van der Waals surface area contributed by atoms with Gasteiger partial charge >= 0.3 is 0 Å². The number of benzene rings is 3. The minimum Gasteiger partial charge on any atom is -0.345 e. The van der Waals surface area contributed by atoms with Crippen molar-refractivity contribution in [3.8, 4) is 0 Å². The molecular weight excluding hydrogens is 375 g/mol. The van der Waals surface area contributed by atoms with Gasteiger partial charge in [-0.3, -0.25) is 0 Å². The molecule has 1 aliphatic rings. The molecule has 2 nitrogen and oxygen atoms in total. The van der Waals surface area contributed by atoms with Gasteiger partial charge in [-0.15, -0.1) is 0 Å². The molecule has 3 aromatic rings. The van der Waals surface area contributed by atoms with Crippen LogP contribution in [0.4, 0.5) is 11.4 Å². The number of rotatable bonds is 3. The largest absolute Gasteiger partial charge is 0.345 e. The van der Waals surface area contributed by atoms with E-state index in [1.165, 1.54) is 22.5 Å². The fourth-order valence-electron chi connectivity index (χ4n) is 3.71. The maximum absolute atomic E-state index is 6.63. The number of hydrogen-bond donors (Lipinski definition) is 0. The first-order chi connectivity index (χ1) is 13.0. The zero-order chi connectivity index (χ0) is 19.0. The van der Waals surface area contributed by atoms with Crippen LogP contribution in [0.25, 0.3) is 0 Å². The van der Waals surface area contributed by atoms with Crippen LogP contribution < -0.4 is 9.80 Å². The second-order valence-corrected chi connectivity index (χ2v) is 7.88. The van der Waals surface area contributed by atoms with Crippen molar-refractivity contribution in [2.75, 3.05) is 22.9 Å². The molecule has 0 saturated carbocycles. The Bertz CT molecular complexity index is 862. The first kappa shape index (κ1) is 18.2. The van der Waals surface area contributed by atoms with Crippen molar-refractivity contribution in [1.29, 1.82) is 0 Å². The molecule has 0 unspecified atom stereocenters. The fourth-order valence-corrected chi connectivity index (χ4v) is 4.30. The van der Waals surface area contributed by atoms with E-state index in [9.17, 15) is 0 Å². The molecule has 0 radical (unpaired) electrons. The molecule has 1 fully saturated rings. The lowest BCUT2D eigenvalue weighted by Gasteiger charge is -2.34. The van der Waals surface area contributed by atoms with Crippen LogP contribution in [0.1, 0.15) is 22.9 Å². The minimum absolute atomic E-state index is 0.0448. The van der Waals surface area contributed by atoms with Crippen LogP contribution in [0.2, 0.25) is 10.0 Å². The van der Waals surface area contributed by atoms with Crippen LogP contribution in [-0.2, 0) is 0 Å². The Balaban J connectivity index is 1.83. The first-order valence-electron chi connectivity index (χ1n) is 9.15. The average Bonchev–Trinajstić information content (AvgIpc) is 3.07. The number of hydrogen-bond acceptors (Lipinski definition) is 2. The van der Waals surface area contributed by atoms with Gasteiger partial charge in [0.15, 0.2) is 0 Å². The van der Waals surface area contributed by atoms with E-state index in [0.717, 1.165) is 18.7 Å². The fraction of sp³-hybridized carbons (Fsp3) is 0.217. The van der Waals surface area contributed by atoms with Gasteiger partial charge in [0, 0.05) is 40.1 Å². The van der Waals surface area contributed by atoms with Gasteiger partial charge in [-0.2, -0.15) is 0 Å². The molecular formula is C23H22Cl2N2. The summed E-state index contributed by atoms with van der Waals surface area (Å²) in [7, 11) is 0. The molecule has 0 aliphatic carbocycles. The molecule has 1 heterocycles. The topological polar surface area (TPSA) is 6.48 Å². The van der Waals surface area contributed by atoms with Crippen LogP contribution in [0, 0.1) is 13.8 Å². The van der Waals surface area contributed by atoms with Crippen LogP contribution in [-0.4, -0.2) is 13.1 Å². The Morgan fingerprint density at radius 2 is 1.07 bits per heavy atom. The van der Waals surface area contributed by atoms with Crippen LogP contribution in [0.5, 0.6) is 0 Å². The van der Waals surface area contributed by atoms with E-state index in [4.69, 9.17) is 23.2 Å². The van der Waals surface area contributed by atoms with Gasteiger partial charge in [0.05, 0.1) is 0 Å². The second-order valence-electron chi connectivity index (χ2n) is 7.07. The highest BCUT2D eigenvalue weighted by molar-refractivity contribution is 6.36. The molecule has 4 heteroatoms. The summed E-state index contributed by atoms with van der Waals surface area (Å²) in [6.07, 6.45) is -0.0448. The van der Waals surface area contributed by atoms with Crippen molar-refractivity contribution in [2.45, 2.75) is 20.0 Å². The van der Waals surface area contributed by atoms with Gasteiger partial charge in [-0.05, 0) is 50.2 Å². The Labute approximate surface area is 170 Å². The molecule has 0 bridgehead atoms. The third-order valence-corrected chi connectivity index (χ3v) is 5.82. The number of halogens is 2. The number of nitrogens with zero attached hydrogens (tertiary/aromatic N) is 2. The Kier molecular flexibility index (Phi) is 5.03. The zero-order valence-electron chi connectivity index (χ0n) is 15.5. The third kappa shape index (κ3) is 3.52.